The van der Waals surface area contributed by atoms with E-state index in [0.29, 0.717) is 5.75 Å². The number of nitrogen functional groups attached to an aromatic ring is 1. The van der Waals surface area contributed by atoms with E-state index in [4.69, 9.17) is 5.73 Å². The van der Waals surface area contributed by atoms with Crippen LogP contribution in [-0.4, -0.2) is 11.7 Å². The Morgan fingerprint density at radius 2 is 1.76 bits per heavy atom. The van der Waals surface area contributed by atoms with Gasteiger partial charge in [-0.25, -0.2) is 0 Å². The van der Waals surface area contributed by atoms with Crippen LogP contribution in [0.25, 0.3) is 0 Å². The molecule has 0 aliphatic carbocycles. The number of nitrogens with two attached hydrogens (primary N) is 1. The van der Waals surface area contributed by atoms with Crippen LogP contribution in [0.5, 0.6) is 0 Å². The van der Waals surface area contributed by atoms with Crippen LogP contribution in [0.15, 0.2) is 41.3 Å². The number of rotatable bonds is 4. The van der Waals surface area contributed by atoms with Gasteiger partial charge >= 0.3 is 0 Å². The molecule has 4 heteroatoms. The lowest BCUT2D eigenvalue weighted by molar-refractivity contribution is -0.113. The molecular formula is C17H20N2OS. The summed E-state index contributed by atoms with van der Waals surface area (Å²) in [6.45, 7) is 6.00. The van der Waals surface area contributed by atoms with Gasteiger partial charge in [0.2, 0.25) is 5.91 Å². The molecule has 0 aromatic heterocycles. The molecule has 0 saturated heterocycles. The second-order valence-corrected chi connectivity index (χ2v) is 6.15. The maximum Gasteiger partial charge on any atom is 0.234 e. The van der Waals surface area contributed by atoms with E-state index < -0.39 is 0 Å². The highest BCUT2D eigenvalue weighted by Crippen LogP contribution is 2.25. The van der Waals surface area contributed by atoms with Crippen molar-refractivity contribution in [3.8, 4) is 0 Å². The van der Waals surface area contributed by atoms with Gasteiger partial charge in [0.05, 0.1) is 5.75 Å². The number of hydrogen-bond donors (Lipinski definition) is 2. The quantitative estimate of drug-likeness (QED) is 0.664. The third kappa shape index (κ3) is 4.02. The number of para-hydroxylation sites is 1. The van der Waals surface area contributed by atoms with Crippen LogP contribution in [0, 0.1) is 20.8 Å². The number of nitrogens with one attached hydrogen (secondary N) is 1. The fraction of sp³-hybridized carbons (Fsp3) is 0.235. The second-order valence-electron chi connectivity index (χ2n) is 5.13. The summed E-state index contributed by atoms with van der Waals surface area (Å²) in [5, 5.41) is 3.00. The van der Waals surface area contributed by atoms with E-state index in [9.17, 15) is 4.79 Å². The number of hydrogen-bond acceptors (Lipinski definition) is 3. The molecule has 2 rings (SSSR count). The average molecular weight is 300 g/mol. The first-order valence-corrected chi connectivity index (χ1v) is 7.81. The zero-order chi connectivity index (χ0) is 15.4. The molecule has 0 radical (unpaired) electrons. The van der Waals surface area contributed by atoms with Gasteiger partial charge in [-0.2, -0.15) is 0 Å². The van der Waals surface area contributed by atoms with Crippen LogP contribution in [0.4, 0.5) is 11.4 Å². The molecule has 1 amide bonds. The molecule has 0 saturated carbocycles. The van der Waals surface area contributed by atoms with Crippen molar-refractivity contribution < 1.29 is 4.79 Å². The Morgan fingerprint density at radius 3 is 2.38 bits per heavy atom. The fourth-order valence-corrected chi connectivity index (χ4v) is 2.97. The van der Waals surface area contributed by atoms with E-state index in [1.54, 1.807) is 0 Å². The maximum atomic E-state index is 12.1. The van der Waals surface area contributed by atoms with Crippen molar-refractivity contribution in [2.24, 2.45) is 0 Å². The van der Waals surface area contributed by atoms with Crippen LogP contribution in [0.3, 0.4) is 0 Å². The summed E-state index contributed by atoms with van der Waals surface area (Å²) in [6.07, 6.45) is 0. The van der Waals surface area contributed by atoms with Gasteiger partial charge in [0.25, 0.3) is 0 Å². The van der Waals surface area contributed by atoms with Crippen LogP contribution in [0.2, 0.25) is 0 Å². The Bertz CT molecular complexity index is 648. The Hall–Kier alpha value is -1.94. The van der Waals surface area contributed by atoms with Gasteiger partial charge in [0, 0.05) is 16.3 Å². The predicted molar refractivity (Wildman–Crippen MR) is 90.9 cm³/mol. The molecular weight excluding hydrogens is 280 g/mol. The number of thioether (sulfide) groups is 1. The number of benzene rings is 2. The number of carbonyl (C=O) groups excluding carboxylic acids is 1. The Balaban J connectivity index is 1.99. The van der Waals surface area contributed by atoms with Crippen LogP contribution >= 0.6 is 11.8 Å². The molecule has 110 valence electrons. The molecule has 0 bridgehead atoms. The zero-order valence-electron chi connectivity index (χ0n) is 12.6. The summed E-state index contributed by atoms with van der Waals surface area (Å²) in [5.74, 6) is 0.395. The lowest BCUT2D eigenvalue weighted by atomic mass is 10.1. The molecule has 3 N–H and O–H groups in total. The summed E-state index contributed by atoms with van der Waals surface area (Å²) >= 11 is 1.53. The van der Waals surface area contributed by atoms with Gasteiger partial charge in [0.15, 0.2) is 0 Å². The molecule has 2 aromatic carbocycles. The highest BCUT2D eigenvalue weighted by molar-refractivity contribution is 8.00. The van der Waals surface area contributed by atoms with Gasteiger partial charge in [-0.15, -0.1) is 11.8 Å². The number of amides is 1. The number of carbonyl (C=O) groups is 1. The summed E-state index contributed by atoms with van der Waals surface area (Å²) in [6, 6.07) is 11.7. The second kappa shape index (κ2) is 6.68. The molecule has 0 aliphatic heterocycles. The van der Waals surface area contributed by atoms with Crippen LogP contribution in [-0.2, 0) is 4.79 Å². The van der Waals surface area contributed by atoms with Gasteiger partial charge in [-0.3, -0.25) is 4.79 Å². The fourth-order valence-electron chi connectivity index (χ4n) is 2.16. The lowest BCUT2D eigenvalue weighted by Gasteiger charge is -2.12. The Morgan fingerprint density at radius 1 is 1.10 bits per heavy atom. The summed E-state index contributed by atoms with van der Waals surface area (Å²) in [5.41, 5.74) is 10.6. The third-order valence-corrected chi connectivity index (χ3v) is 4.48. The van der Waals surface area contributed by atoms with E-state index >= 15 is 0 Å². The van der Waals surface area contributed by atoms with Gasteiger partial charge in [0.1, 0.15) is 0 Å². The molecule has 0 fully saturated rings. The van der Waals surface area contributed by atoms with Gasteiger partial charge in [-0.1, -0.05) is 18.2 Å². The number of anilines is 2. The Labute approximate surface area is 129 Å². The summed E-state index contributed by atoms with van der Waals surface area (Å²) < 4.78 is 0. The van der Waals surface area contributed by atoms with Crippen molar-refractivity contribution in [3.05, 3.63) is 53.1 Å². The normalized spacial score (nSPS) is 10.4. The van der Waals surface area contributed by atoms with Crippen molar-refractivity contribution in [1.82, 2.24) is 0 Å². The minimum Gasteiger partial charge on any atom is -0.399 e. The topological polar surface area (TPSA) is 55.1 Å². The SMILES string of the molecule is Cc1cc(N)ccc1SCC(=O)Nc1c(C)cccc1C. The maximum absolute atomic E-state index is 12.1. The van der Waals surface area contributed by atoms with Gasteiger partial charge in [-0.05, 0) is 55.7 Å². The first-order chi connectivity index (χ1) is 9.97. The zero-order valence-corrected chi connectivity index (χ0v) is 13.4. The van der Waals surface area contributed by atoms with Crippen LogP contribution < -0.4 is 11.1 Å². The minimum atomic E-state index is 0.00799. The first-order valence-electron chi connectivity index (χ1n) is 6.82. The highest BCUT2D eigenvalue weighted by atomic mass is 32.2. The van der Waals surface area contributed by atoms with Crippen molar-refractivity contribution in [2.45, 2.75) is 25.7 Å². The highest BCUT2D eigenvalue weighted by Gasteiger charge is 2.08. The monoisotopic (exact) mass is 300 g/mol. The third-order valence-electron chi connectivity index (χ3n) is 3.30. The van der Waals surface area contributed by atoms with E-state index in [1.165, 1.54) is 11.8 Å². The smallest absolute Gasteiger partial charge is 0.234 e. The molecule has 0 aliphatic rings. The molecule has 0 spiro atoms. The lowest BCUT2D eigenvalue weighted by Crippen LogP contribution is -2.15. The summed E-state index contributed by atoms with van der Waals surface area (Å²) in [4.78, 5) is 13.2. The van der Waals surface area contributed by atoms with E-state index in [0.717, 1.165) is 33.0 Å². The Kier molecular flexibility index (Phi) is 4.91. The minimum absolute atomic E-state index is 0.00799. The first kappa shape index (κ1) is 15.4. The van der Waals surface area contributed by atoms with E-state index in [2.05, 4.69) is 5.32 Å². The summed E-state index contributed by atoms with van der Waals surface area (Å²) in [7, 11) is 0. The number of aryl methyl sites for hydroxylation is 3. The molecule has 3 nitrogen and oxygen atoms in total. The van der Waals surface area contributed by atoms with Crippen molar-refractivity contribution in [1.29, 1.82) is 0 Å². The molecule has 0 heterocycles. The molecule has 21 heavy (non-hydrogen) atoms. The van der Waals surface area contributed by atoms with Gasteiger partial charge < -0.3 is 11.1 Å². The van der Waals surface area contributed by atoms with E-state index in [1.807, 2.05) is 57.2 Å². The van der Waals surface area contributed by atoms with Crippen molar-refractivity contribution in [2.75, 3.05) is 16.8 Å². The standard InChI is InChI=1S/C17H20N2OS/c1-11-5-4-6-12(2)17(11)19-16(20)10-21-15-8-7-14(18)9-13(15)3/h4-9H,10,18H2,1-3H3,(H,19,20). The molecule has 0 unspecified atom stereocenters. The molecule has 0 atom stereocenters. The predicted octanol–water partition coefficient (Wildman–Crippen LogP) is 3.92. The average Bonchev–Trinajstić information content (AvgIpc) is 2.42. The van der Waals surface area contributed by atoms with Crippen molar-refractivity contribution in [3.63, 3.8) is 0 Å². The largest absolute Gasteiger partial charge is 0.399 e. The van der Waals surface area contributed by atoms with Crippen molar-refractivity contribution >= 4 is 29.0 Å². The van der Waals surface area contributed by atoms with Crippen LogP contribution in [0.1, 0.15) is 16.7 Å². The molecule has 2 aromatic rings. The van der Waals surface area contributed by atoms with E-state index in [-0.39, 0.29) is 5.91 Å².